The number of carboxylic acid groups (broad SMARTS) is 1. The number of nitrogens with zero attached hydrogens (tertiary/aromatic N) is 1. The molecule has 6 heteroatoms. The van der Waals surface area contributed by atoms with Crippen molar-refractivity contribution in [1.82, 2.24) is 10.3 Å². The molecule has 0 amide bonds. The summed E-state index contributed by atoms with van der Waals surface area (Å²) in [6.07, 6.45) is 2.38. The van der Waals surface area contributed by atoms with E-state index in [1.165, 1.54) is 0 Å². The number of pyridine rings is 1. The number of carbonyl (C=O) groups is 1. The summed E-state index contributed by atoms with van der Waals surface area (Å²) in [5.41, 5.74) is 0.874. The third kappa shape index (κ3) is 2.75. The van der Waals surface area contributed by atoms with E-state index in [1.807, 2.05) is 12.1 Å². The Morgan fingerprint density at radius 3 is 3.06 bits per heavy atom. The molecule has 0 aliphatic carbocycles. The van der Waals surface area contributed by atoms with Gasteiger partial charge >= 0.3 is 5.97 Å². The van der Waals surface area contributed by atoms with Crippen molar-refractivity contribution in [3.8, 4) is 0 Å². The van der Waals surface area contributed by atoms with Gasteiger partial charge in [0.05, 0.1) is 11.1 Å². The molecule has 1 aromatic rings. The molecular weight excluding hydrogens is 292 g/mol. The first-order valence-corrected chi connectivity index (χ1v) is 6.73. The maximum absolute atomic E-state index is 10.9. The van der Waals surface area contributed by atoms with Gasteiger partial charge in [0, 0.05) is 10.7 Å². The van der Waals surface area contributed by atoms with Crippen molar-refractivity contribution in [2.75, 3.05) is 5.75 Å². The van der Waals surface area contributed by atoms with Crippen LogP contribution in [0, 0.1) is 0 Å². The summed E-state index contributed by atoms with van der Waals surface area (Å²) in [5, 5.41) is 12.0. The van der Waals surface area contributed by atoms with Gasteiger partial charge in [-0.2, -0.15) is 0 Å². The Balaban J connectivity index is 2.09. The zero-order chi connectivity index (χ0) is 11.5. The monoisotopic (exact) mass is 302 g/mol. The van der Waals surface area contributed by atoms with Crippen molar-refractivity contribution in [1.29, 1.82) is 0 Å². The molecule has 1 saturated heterocycles. The van der Waals surface area contributed by atoms with Gasteiger partial charge in [-0.3, -0.25) is 15.1 Å². The SMILES string of the molecule is O=C(O)C1CCSC(c2ccc(Br)cn2)N1. The van der Waals surface area contributed by atoms with Gasteiger partial charge in [-0.15, -0.1) is 11.8 Å². The van der Waals surface area contributed by atoms with Crippen molar-refractivity contribution < 1.29 is 9.90 Å². The number of hydrogen-bond donors (Lipinski definition) is 2. The van der Waals surface area contributed by atoms with Crippen LogP contribution in [0.1, 0.15) is 17.5 Å². The Morgan fingerprint density at radius 1 is 1.62 bits per heavy atom. The molecule has 2 unspecified atom stereocenters. The summed E-state index contributed by atoms with van der Waals surface area (Å²) in [5.74, 6) is 0.0502. The number of aromatic nitrogens is 1. The number of carboxylic acids is 1. The van der Waals surface area contributed by atoms with E-state index < -0.39 is 12.0 Å². The molecule has 2 heterocycles. The lowest BCUT2D eigenvalue weighted by Gasteiger charge is -2.27. The molecule has 0 aromatic carbocycles. The van der Waals surface area contributed by atoms with Crippen LogP contribution < -0.4 is 5.32 Å². The van der Waals surface area contributed by atoms with Crippen LogP contribution >= 0.6 is 27.7 Å². The summed E-state index contributed by atoms with van der Waals surface area (Å²) in [4.78, 5) is 15.2. The molecule has 0 spiro atoms. The van der Waals surface area contributed by atoms with E-state index in [0.29, 0.717) is 6.42 Å². The zero-order valence-electron chi connectivity index (χ0n) is 8.39. The minimum absolute atomic E-state index is 0.0250. The van der Waals surface area contributed by atoms with Crippen LogP contribution in [0.5, 0.6) is 0 Å². The summed E-state index contributed by atoms with van der Waals surface area (Å²) in [7, 11) is 0. The van der Waals surface area contributed by atoms with Crippen molar-refractivity contribution in [2.45, 2.75) is 17.8 Å². The average molecular weight is 303 g/mol. The third-order valence-corrected chi connectivity index (χ3v) is 4.01. The Hall–Kier alpha value is -0.590. The lowest BCUT2D eigenvalue weighted by Crippen LogP contribution is -2.42. The third-order valence-electron chi connectivity index (χ3n) is 2.36. The van der Waals surface area contributed by atoms with Crippen LogP contribution in [-0.2, 0) is 4.79 Å². The largest absolute Gasteiger partial charge is 0.480 e. The Morgan fingerprint density at radius 2 is 2.44 bits per heavy atom. The van der Waals surface area contributed by atoms with Gasteiger partial charge in [0.1, 0.15) is 6.04 Å². The molecule has 1 aliphatic heterocycles. The van der Waals surface area contributed by atoms with Crippen LogP contribution in [0.15, 0.2) is 22.8 Å². The van der Waals surface area contributed by atoms with Gasteiger partial charge in [0.25, 0.3) is 0 Å². The number of rotatable bonds is 2. The zero-order valence-corrected chi connectivity index (χ0v) is 10.8. The van der Waals surface area contributed by atoms with Gasteiger partial charge in [0.2, 0.25) is 0 Å². The summed E-state index contributed by atoms with van der Waals surface area (Å²) in [6.45, 7) is 0. The van der Waals surface area contributed by atoms with E-state index in [4.69, 9.17) is 5.11 Å². The lowest BCUT2D eigenvalue weighted by atomic mass is 10.2. The number of halogens is 1. The minimum atomic E-state index is -0.789. The highest BCUT2D eigenvalue weighted by molar-refractivity contribution is 9.10. The number of aliphatic carboxylic acids is 1. The molecule has 0 bridgehead atoms. The highest BCUT2D eigenvalue weighted by Crippen LogP contribution is 2.30. The molecule has 16 heavy (non-hydrogen) atoms. The fourth-order valence-corrected chi connectivity index (χ4v) is 2.94. The second-order valence-electron chi connectivity index (χ2n) is 3.50. The molecule has 1 aromatic heterocycles. The van der Waals surface area contributed by atoms with Crippen LogP contribution in [0.4, 0.5) is 0 Å². The van der Waals surface area contributed by atoms with Gasteiger partial charge in [-0.1, -0.05) is 0 Å². The first kappa shape index (κ1) is 11.9. The van der Waals surface area contributed by atoms with E-state index in [9.17, 15) is 4.79 Å². The highest BCUT2D eigenvalue weighted by Gasteiger charge is 2.27. The molecule has 0 radical (unpaired) electrons. The average Bonchev–Trinajstić information content (AvgIpc) is 2.30. The van der Waals surface area contributed by atoms with E-state index in [1.54, 1.807) is 18.0 Å². The molecule has 2 N–H and O–H groups in total. The molecule has 2 atom stereocenters. The van der Waals surface area contributed by atoms with Crippen LogP contribution in [0.2, 0.25) is 0 Å². The van der Waals surface area contributed by atoms with Crippen LogP contribution in [0.3, 0.4) is 0 Å². The summed E-state index contributed by atoms with van der Waals surface area (Å²) < 4.78 is 0.923. The van der Waals surface area contributed by atoms with Crippen LogP contribution in [0.25, 0.3) is 0 Å². The van der Waals surface area contributed by atoms with E-state index >= 15 is 0 Å². The number of nitrogens with one attached hydrogen (secondary N) is 1. The summed E-state index contributed by atoms with van der Waals surface area (Å²) >= 11 is 5.01. The molecule has 1 fully saturated rings. The van der Waals surface area contributed by atoms with E-state index in [2.05, 4.69) is 26.2 Å². The first-order valence-electron chi connectivity index (χ1n) is 4.89. The maximum atomic E-state index is 10.9. The maximum Gasteiger partial charge on any atom is 0.320 e. The van der Waals surface area contributed by atoms with Gasteiger partial charge < -0.3 is 5.11 Å². The summed E-state index contributed by atoms with van der Waals surface area (Å²) in [6, 6.07) is 3.35. The molecular formula is C10H11BrN2O2S. The Kier molecular flexibility index (Phi) is 3.83. The first-order chi connectivity index (χ1) is 7.66. The van der Waals surface area contributed by atoms with Crippen molar-refractivity contribution in [3.63, 3.8) is 0 Å². The topological polar surface area (TPSA) is 62.2 Å². The molecule has 0 saturated carbocycles. The number of hydrogen-bond acceptors (Lipinski definition) is 4. The Bertz CT molecular complexity index is 385. The fraction of sp³-hybridized carbons (Fsp3) is 0.400. The molecule has 2 rings (SSSR count). The highest BCUT2D eigenvalue weighted by atomic mass is 79.9. The fourth-order valence-electron chi connectivity index (χ4n) is 1.53. The predicted octanol–water partition coefficient (Wildman–Crippen LogP) is 2.02. The van der Waals surface area contributed by atoms with Crippen molar-refractivity contribution in [3.05, 3.63) is 28.5 Å². The standard InChI is InChI=1S/C10H11BrN2O2S/c11-6-1-2-7(12-5-6)9-13-8(10(14)15)3-4-16-9/h1-2,5,8-9,13H,3-4H2,(H,14,15). The smallest absolute Gasteiger partial charge is 0.320 e. The van der Waals surface area contributed by atoms with E-state index in [0.717, 1.165) is 15.9 Å². The minimum Gasteiger partial charge on any atom is -0.480 e. The lowest BCUT2D eigenvalue weighted by molar-refractivity contribution is -0.139. The van der Waals surface area contributed by atoms with Gasteiger partial charge in [-0.05, 0) is 40.2 Å². The quantitative estimate of drug-likeness (QED) is 0.875. The second kappa shape index (κ2) is 5.16. The second-order valence-corrected chi connectivity index (χ2v) is 5.63. The predicted molar refractivity (Wildman–Crippen MR) is 66.3 cm³/mol. The molecule has 86 valence electrons. The number of thioether (sulfide) groups is 1. The van der Waals surface area contributed by atoms with E-state index in [-0.39, 0.29) is 5.37 Å². The van der Waals surface area contributed by atoms with Crippen LogP contribution in [-0.4, -0.2) is 27.9 Å². The Labute approximate surface area is 106 Å². The van der Waals surface area contributed by atoms with Gasteiger partial charge in [0.15, 0.2) is 0 Å². The molecule has 1 aliphatic rings. The van der Waals surface area contributed by atoms with Crippen molar-refractivity contribution in [2.24, 2.45) is 0 Å². The molecule has 4 nitrogen and oxygen atoms in total. The van der Waals surface area contributed by atoms with Gasteiger partial charge in [-0.25, -0.2) is 0 Å². The van der Waals surface area contributed by atoms with Crippen molar-refractivity contribution >= 4 is 33.7 Å². The normalized spacial score (nSPS) is 25.3.